The first-order valence-electron chi connectivity index (χ1n) is 9.57. The van der Waals surface area contributed by atoms with Crippen LogP contribution in [0.1, 0.15) is 17.4 Å². The van der Waals surface area contributed by atoms with Gasteiger partial charge in [0.15, 0.2) is 11.5 Å². The van der Waals surface area contributed by atoms with Gasteiger partial charge in [0.05, 0.1) is 23.0 Å². The van der Waals surface area contributed by atoms with Gasteiger partial charge in [0.2, 0.25) is 0 Å². The van der Waals surface area contributed by atoms with Gasteiger partial charge in [0.1, 0.15) is 5.82 Å². The fraction of sp³-hybridized carbons (Fsp3) is 0.0833. The van der Waals surface area contributed by atoms with Crippen molar-refractivity contribution >= 4 is 29.2 Å². The highest BCUT2D eigenvalue weighted by Gasteiger charge is 2.28. The van der Waals surface area contributed by atoms with Crippen LogP contribution in [-0.4, -0.2) is 22.1 Å². The summed E-state index contributed by atoms with van der Waals surface area (Å²) in [5.41, 5.74) is 1.86. The molecule has 4 aromatic rings. The molecule has 0 fully saturated rings. The third-order valence-electron chi connectivity index (χ3n) is 4.65. The zero-order valence-corrected chi connectivity index (χ0v) is 18.0. The summed E-state index contributed by atoms with van der Waals surface area (Å²) < 4.78 is 22.0. The van der Waals surface area contributed by atoms with Crippen LogP contribution in [-0.2, 0) is 4.74 Å². The minimum absolute atomic E-state index is 0.0417. The third-order valence-corrected chi connectivity index (χ3v) is 5.18. The van der Waals surface area contributed by atoms with Crippen LogP contribution in [0, 0.1) is 5.82 Å². The normalized spacial score (nSPS) is 10.8. The highest BCUT2D eigenvalue weighted by atomic mass is 35.5. The SMILES string of the molecule is CCOC(=O)c1nc(-c2ccccc2)n(-c2cccc(Cl)c2F)c1-c1cccc(Cl)c1. The van der Waals surface area contributed by atoms with Crippen LogP contribution in [0.2, 0.25) is 10.0 Å². The Morgan fingerprint density at radius 2 is 1.71 bits per heavy atom. The standard InChI is InChI=1S/C24H17Cl2FN2O2/c1-2-31-24(30)21-22(16-10-6-11-17(25)14-16)29(19-13-7-12-18(26)20(19)27)23(28-21)15-8-4-3-5-9-15/h3-14H,2H2,1H3. The number of nitrogens with zero attached hydrogens (tertiary/aromatic N) is 2. The smallest absolute Gasteiger partial charge is 0.359 e. The van der Waals surface area contributed by atoms with Crippen molar-refractivity contribution in [3.8, 4) is 28.3 Å². The number of carbonyl (C=O) groups is 1. The number of imidazole rings is 1. The summed E-state index contributed by atoms with van der Waals surface area (Å²) in [5.74, 6) is -0.868. The Kier molecular flexibility index (Phi) is 6.07. The predicted octanol–water partition coefficient (Wildman–Crippen LogP) is 6.83. The van der Waals surface area contributed by atoms with E-state index in [1.807, 2.05) is 30.3 Å². The van der Waals surface area contributed by atoms with Crippen molar-refractivity contribution in [3.05, 3.63) is 94.4 Å². The van der Waals surface area contributed by atoms with Gasteiger partial charge in [-0.2, -0.15) is 0 Å². The number of benzene rings is 3. The van der Waals surface area contributed by atoms with E-state index in [1.165, 1.54) is 6.07 Å². The van der Waals surface area contributed by atoms with Crippen LogP contribution in [0.4, 0.5) is 4.39 Å². The highest BCUT2D eigenvalue weighted by molar-refractivity contribution is 6.31. The lowest BCUT2D eigenvalue weighted by molar-refractivity contribution is 0.0521. The quantitative estimate of drug-likeness (QED) is 0.310. The van der Waals surface area contributed by atoms with Gasteiger partial charge in [-0.3, -0.25) is 4.57 Å². The Morgan fingerprint density at radius 3 is 2.42 bits per heavy atom. The molecule has 0 spiro atoms. The number of hydrogen-bond donors (Lipinski definition) is 0. The minimum atomic E-state index is -0.627. The molecular weight excluding hydrogens is 438 g/mol. The largest absolute Gasteiger partial charge is 0.461 e. The van der Waals surface area contributed by atoms with E-state index in [0.717, 1.165) is 0 Å². The molecule has 3 aromatic carbocycles. The number of esters is 1. The summed E-state index contributed by atoms with van der Waals surface area (Å²) in [6.45, 7) is 1.88. The molecule has 31 heavy (non-hydrogen) atoms. The van der Waals surface area contributed by atoms with Crippen LogP contribution in [0.25, 0.3) is 28.3 Å². The van der Waals surface area contributed by atoms with Crippen molar-refractivity contribution in [1.29, 1.82) is 0 Å². The minimum Gasteiger partial charge on any atom is -0.461 e. The van der Waals surface area contributed by atoms with Gasteiger partial charge in [-0.1, -0.05) is 71.7 Å². The molecule has 0 saturated heterocycles. The first-order chi connectivity index (χ1) is 15.0. The summed E-state index contributed by atoms with van der Waals surface area (Å²) in [7, 11) is 0. The molecule has 0 saturated carbocycles. The van der Waals surface area contributed by atoms with Crippen LogP contribution in [0.15, 0.2) is 72.8 Å². The summed E-state index contributed by atoms with van der Waals surface area (Å²) in [6.07, 6.45) is 0. The van der Waals surface area contributed by atoms with Crippen LogP contribution in [0.5, 0.6) is 0 Å². The summed E-state index contributed by atoms with van der Waals surface area (Å²) in [4.78, 5) is 17.4. The Morgan fingerprint density at radius 1 is 1.00 bits per heavy atom. The topological polar surface area (TPSA) is 44.1 Å². The van der Waals surface area contributed by atoms with Gasteiger partial charge < -0.3 is 4.74 Å². The summed E-state index contributed by atoms with van der Waals surface area (Å²) in [6, 6.07) is 20.8. The van der Waals surface area contributed by atoms with Gasteiger partial charge in [-0.25, -0.2) is 14.2 Å². The average molecular weight is 455 g/mol. The molecule has 0 aliphatic heterocycles. The van der Waals surface area contributed by atoms with Crippen molar-refractivity contribution < 1.29 is 13.9 Å². The zero-order valence-electron chi connectivity index (χ0n) is 16.5. The molecule has 0 radical (unpaired) electrons. The van der Waals surface area contributed by atoms with Crippen molar-refractivity contribution in [2.45, 2.75) is 6.92 Å². The molecule has 0 bridgehead atoms. The fourth-order valence-corrected chi connectivity index (χ4v) is 3.70. The van der Waals surface area contributed by atoms with E-state index in [9.17, 15) is 4.79 Å². The van der Waals surface area contributed by atoms with E-state index in [1.54, 1.807) is 47.9 Å². The molecule has 1 aromatic heterocycles. The lowest BCUT2D eigenvalue weighted by Gasteiger charge is -2.15. The second-order valence-corrected chi connectivity index (χ2v) is 7.48. The van der Waals surface area contributed by atoms with Crippen LogP contribution < -0.4 is 0 Å². The van der Waals surface area contributed by atoms with Gasteiger partial charge in [0, 0.05) is 16.1 Å². The van der Waals surface area contributed by atoms with E-state index in [0.29, 0.717) is 27.7 Å². The zero-order chi connectivity index (χ0) is 22.0. The molecule has 7 heteroatoms. The maximum absolute atomic E-state index is 15.2. The fourth-order valence-electron chi connectivity index (χ4n) is 3.34. The summed E-state index contributed by atoms with van der Waals surface area (Å²) in [5, 5.41) is 0.424. The molecule has 4 rings (SSSR count). The molecular formula is C24H17Cl2FN2O2. The van der Waals surface area contributed by atoms with E-state index in [2.05, 4.69) is 4.98 Å². The van der Waals surface area contributed by atoms with Crippen molar-refractivity contribution in [1.82, 2.24) is 9.55 Å². The van der Waals surface area contributed by atoms with Crippen LogP contribution in [0.3, 0.4) is 0 Å². The molecule has 0 aliphatic rings. The van der Waals surface area contributed by atoms with Gasteiger partial charge >= 0.3 is 5.97 Å². The van der Waals surface area contributed by atoms with E-state index >= 15 is 4.39 Å². The predicted molar refractivity (Wildman–Crippen MR) is 120 cm³/mol. The second-order valence-electron chi connectivity index (χ2n) is 6.64. The number of hydrogen-bond acceptors (Lipinski definition) is 3. The van der Waals surface area contributed by atoms with Gasteiger partial charge in [0.25, 0.3) is 0 Å². The highest BCUT2D eigenvalue weighted by Crippen LogP contribution is 2.36. The Labute approximate surface area is 188 Å². The number of aromatic nitrogens is 2. The molecule has 0 aliphatic carbocycles. The van der Waals surface area contributed by atoms with E-state index in [-0.39, 0.29) is 23.0 Å². The Balaban J connectivity index is 2.13. The average Bonchev–Trinajstić information content (AvgIpc) is 3.17. The first-order valence-corrected chi connectivity index (χ1v) is 10.3. The molecule has 4 nitrogen and oxygen atoms in total. The maximum atomic E-state index is 15.2. The summed E-state index contributed by atoms with van der Waals surface area (Å²) >= 11 is 12.3. The molecule has 0 unspecified atom stereocenters. The number of rotatable bonds is 5. The lowest BCUT2D eigenvalue weighted by Crippen LogP contribution is -2.08. The van der Waals surface area contributed by atoms with Gasteiger partial charge in [-0.15, -0.1) is 0 Å². The molecule has 156 valence electrons. The second kappa shape index (κ2) is 8.92. The van der Waals surface area contributed by atoms with Crippen molar-refractivity contribution in [2.75, 3.05) is 6.61 Å². The Hall–Kier alpha value is -3.15. The van der Waals surface area contributed by atoms with Gasteiger partial charge in [-0.05, 0) is 31.2 Å². The molecule has 0 N–H and O–H groups in total. The monoisotopic (exact) mass is 454 g/mol. The number of ether oxygens (including phenoxy) is 1. The maximum Gasteiger partial charge on any atom is 0.359 e. The molecule has 0 atom stereocenters. The number of carbonyl (C=O) groups excluding carboxylic acids is 1. The third kappa shape index (κ3) is 4.07. The molecule has 1 heterocycles. The van der Waals surface area contributed by atoms with E-state index in [4.69, 9.17) is 27.9 Å². The van der Waals surface area contributed by atoms with E-state index < -0.39 is 11.8 Å². The van der Waals surface area contributed by atoms with Crippen molar-refractivity contribution in [3.63, 3.8) is 0 Å². The van der Waals surface area contributed by atoms with Crippen LogP contribution >= 0.6 is 23.2 Å². The van der Waals surface area contributed by atoms with Crippen molar-refractivity contribution in [2.24, 2.45) is 0 Å². The lowest BCUT2D eigenvalue weighted by atomic mass is 10.1. The Bertz CT molecular complexity index is 1260. The number of halogens is 3. The first kappa shape index (κ1) is 21.1. The molecule has 0 amide bonds.